The topological polar surface area (TPSA) is 27.6 Å². The van der Waals surface area contributed by atoms with E-state index in [1.54, 1.807) is 0 Å². The lowest BCUT2D eigenvalue weighted by Crippen LogP contribution is -2.59. The molecule has 0 aromatic heterocycles. The van der Waals surface area contributed by atoms with E-state index < -0.39 is 0 Å². The fourth-order valence-electron chi connectivity index (χ4n) is 4.69. The van der Waals surface area contributed by atoms with Crippen LogP contribution in [0, 0.1) is 0 Å². The molecule has 22 heavy (non-hydrogen) atoms. The Labute approximate surface area is 136 Å². The van der Waals surface area contributed by atoms with E-state index >= 15 is 0 Å². The third kappa shape index (κ3) is 3.78. The summed E-state index contributed by atoms with van der Waals surface area (Å²) in [7, 11) is 0. The van der Waals surface area contributed by atoms with Crippen molar-refractivity contribution in [1.82, 2.24) is 10.2 Å². The molecule has 3 aliphatic rings. The van der Waals surface area contributed by atoms with E-state index in [1.807, 2.05) is 0 Å². The van der Waals surface area contributed by atoms with Crippen LogP contribution in [0.1, 0.15) is 90.9 Å². The van der Waals surface area contributed by atoms with Crippen LogP contribution in [0.3, 0.4) is 0 Å². The van der Waals surface area contributed by atoms with Gasteiger partial charge in [-0.25, -0.2) is 4.99 Å². The number of hydrogen-bond donors (Lipinski definition) is 1. The molecule has 1 N–H and O–H groups in total. The third-order valence-electron chi connectivity index (χ3n) is 5.86. The molecule has 0 aromatic carbocycles. The Balaban J connectivity index is 1.42. The first-order chi connectivity index (χ1) is 10.8. The van der Waals surface area contributed by atoms with Crippen molar-refractivity contribution >= 4 is 5.96 Å². The molecular weight excluding hydrogens is 270 g/mol. The van der Waals surface area contributed by atoms with Gasteiger partial charge in [-0.2, -0.15) is 0 Å². The predicted octanol–water partition coefficient (Wildman–Crippen LogP) is 4.47. The second-order valence-electron chi connectivity index (χ2n) is 7.83. The Morgan fingerprint density at radius 1 is 1.00 bits per heavy atom. The van der Waals surface area contributed by atoms with E-state index in [4.69, 9.17) is 4.99 Å². The van der Waals surface area contributed by atoms with Crippen LogP contribution in [0.4, 0.5) is 0 Å². The molecule has 0 spiro atoms. The number of rotatable bonds is 8. The fraction of sp³-hybridized carbons (Fsp3) is 0.947. The first-order valence-corrected chi connectivity index (χ1v) is 9.90. The minimum absolute atomic E-state index is 0.587. The van der Waals surface area contributed by atoms with Crippen molar-refractivity contribution in [3.05, 3.63) is 0 Å². The maximum Gasteiger partial charge on any atom is 0.194 e. The fourth-order valence-corrected chi connectivity index (χ4v) is 4.69. The van der Waals surface area contributed by atoms with Gasteiger partial charge in [-0.1, -0.05) is 51.9 Å². The quantitative estimate of drug-likeness (QED) is 0.670. The minimum atomic E-state index is 0.587. The van der Waals surface area contributed by atoms with Gasteiger partial charge in [0.05, 0.1) is 6.04 Å². The molecule has 0 radical (unpaired) electrons. The summed E-state index contributed by atoms with van der Waals surface area (Å²) in [5, 5.41) is 3.65. The molecule has 3 heterocycles. The zero-order chi connectivity index (χ0) is 15.4. The molecule has 0 unspecified atom stereocenters. The van der Waals surface area contributed by atoms with Gasteiger partial charge in [-0.3, -0.25) is 0 Å². The highest BCUT2D eigenvalue weighted by Gasteiger charge is 2.43. The lowest BCUT2D eigenvalue weighted by molar-refractivity contribution is 0.209. The number of nitrogens with zero attached hydrogens (tertiary/aromatic N) is 2. The minimum Gasteiger partial charge on any atom is -0.354 e. The van der Waals surface area contributed by atoms with E-state index in [2.05, 4.69) is 24.1 Å². The van der Waals surface area contributed by atoms with Crippen LogP contribution in [0.2, 0.25) is 0 Å². The van der Waals surface area contributed by atoms with Crippen molar-refractivity contribution < 1.29 is 0 Å². The Kier molecular flexibility index (Phi) is 5.65. The number of guanidine groups is 1. The normalized spacial score (nSPS) is 33.4. The van der Waals surface area contributed by atoms with Crippen molar-refractivity contribution in [3.63, 3.8) is 0 Å². The van der Waals surface area contributed by atoms with Crippen LogP contribution < -0.4 is 5.32 Å². The Hall–Kier alpha value is -0.730. The number of nitrogens with one attached hydrogen (secondary N) is 1. The van der Waals surface area contributed by atoms with Gasteiger partial charge >= 0.3 is 0 Å². The molecule has 0 saturated carbocycles. The molecule has 3 heteroatoms. The molecule has 3 rings (SSSR count). The molecule has 2 fully saturated rings. The molecule has 126 valence electrons. The van der Waals surface area contributed by atoms with E-state index in [0.29, 0.717) is 12.1 Å². The summed E-state index contributed by atoms with van der Waals surface area (Å²) >= 11 is 0. The van der Waals surface area contributed by atoms with Gasteiger partial charge in [0.15, 0.2) is 5.96 Å². The van der Waals surface area contributed by atoms with E-state index in [0.717, 1.165) is 12.1 Å². The van der Waals surface area contributed by atoms with Gasteiger partial charge in [-0.15, -0.1) is 0 Å². The Bertz CT molecular complexity index is 379. The first kappa shape index (κ1) is 16.1. The second-order valence-corrected chi connectivity index (χ2v) is 7.83. The highest BCUT2D eigenvalue weighted by Crippen LogP contribution is 2.36. The zero-order valence-corrected chi connectivity index (χ0v) is 14.7. The standard InChI is InChI=1S/C19H35N3/c1-3-4-5-6-7-8-9-10-16-14-18-12-11-17-13-15(2)20-19(21-16)22(17)18/h15-18H,3-14H2,1-2H3,(H,20,21)/t15-,16+,17+,18-/m1/s1. The van der Waals surface area contributed by atoms with Crippen LogP contribution in [0.5, 0.6) is 0 Å². The van der Waals surface area contributed by atoms with Crippen molar-refractivity contribution in [1.29, 1.82) is 0 Å². The molecule has 0 aromatic rings. The molecule has 2 saturated heterocycles. The molecular formula is C19H35N3. The van der Waals surface area contributed by atoms with Crippen molar-refractivity contribution in [2.75, 3.05) is 0 Å². The number of aliphatic imine (C=N–C) groups is 1. The summed E-state index contributed by atoms with van der Waals surface area (Å²) in [6, 6.07) is 2.76. The first-order valence-electron chi connectivity index (χ1n) is 9.90. The zero-order valence-electron chi connectivity index (χ0n) is 14.7. The lowest BCUT2D eigenvalue weighted by atomic mass is 9.97. The highest BCUT2D eigenvalue weighted by atomic mass is 15.4. The van der Waals surface area contributed by atoms with Crippen LogP contribution in [-0.4, -0.2) is 35.0 Å². The van der Waals surface area contributed by atoms with Crippen LogP contribution in [0.15, 0.2) is 4.99 Å². The van der Waals surface area contributed by atoms with Crippen molar-refractivity contribution in [3.8, 4) is 0 Å². The maximum absolute atomic E-state index is 5.07. The highest BCUT2D eigenvalue weighted by molar-refractivity contribution is 5.83. The molecule has 0 bridgehead atoms. The third-order valence-corrected chi connectivity index (χ3v) is 5.86. The Morgan fingerprint density at radius 2 is 1.68 bits per heavy atom. The average Bonchev–Trinajstić information content (AvgIpc) is 2.90. The van der Waals surface area contributed by atoms with E-state index in [9.17, 15) is 0 Å². The van der Waals surface area contributed by atoms with Gasteiger partial charge in [0.2, 0.25) is 0 Å². The summed E-state index contributed by atoms with van der Waals surface area (Å²) in [6.45, 7) is 4.60. The maximum atomic E-state index is 5.07. The summed E-state index contributed by atoms with van der Waals surface area (Å²) in [4.78, 5) is 7.70. The molecule has 0 amide bonds. The molecule has 4 atom stereocenters. The summed E-state index contributed by atoms with van der Waals surface area (Å²) < 4.78 is 0. The van der Waals surface area contributed by atoms with Crippen molar-refractivity contribution in [2.45, 2.75) is 115 Å². The smallest absolute Gasteiger partial charge is 0.194 e. The summed E-state index contributed by atoms with van der Waals surface area (Å²) in [5.74, 6) is 1.24. The van der Waals surface area contributed by atoms with Crippen molar-refractivity contribution in [2.24, 2.45) is 4.99 Å². The van der Waals surface area contributed by atoms with E-state index in [1.165, 1.54) is 83.0 Å². The number of hydrogen-bond acceptors (Lipinski definition) is 3. The van der Waals surface area contributed by atoms with Gasteiger partial charge in [0.1, 0.15) is 0 Å². The van der Waals surface area contributed by atoms with E-state index in [-0.39, 0.29) is 0 Å². The largest absolute Gasteiger partial charge is 0.354 e. The lowest BCUT2D eigenvalue weighted by Gasteiger charge is -2.44. The average molecular weight is 306 g/mol. The number of unbranched alkanes of at least 4 members (excludes halogenated alkanes) is 6. The van der Waals surface area contributed by atoms with Gasteiger partial charge in [0, 0.05) is 18.1 Å². The van der Waals surface area contributed by atoms with Gasteiger partial charge in [0.25, 0.3) is 0 Å². The summed E-state index contributed by atoms with van der Waals surface area (Å²) in [5.41, 5.74) is 0. The second kappa shape index (κ2) is 7.70. The predicted molar refractivity (Wildman–Crippen MR) is 94.3 cm³/mol. The summed E-state index contributed by atoms with van der Waals surface area (Å²) in [6.07, 6.45) is 16.5. The molecule has 3 nitrogen and oxygen atoms in total. The van der Waals surface area contributed by atoms with Crippen LogP contribution in [0.25, 0.3) is 0 Å². The SMILES string of the molecule is CCCCCCCCC[C@H]1C[C@H]2CC[C@H]3C[C@@H](C)NC(=N1)N23. The molecule has 0 aliphatic carbocycles. The van der Waals surface area contributed by atoms with Gasteiger partial charge < -0.3 is 10.2 Å². The van der Waals surface area contributed by atoms with Gasteiger partial charge in [-0.05, 0) is 39.0 Å². The Morgan fingerprint density at radius 3 is 2.45 bits per heavy atom. The van der Waals surface area contributed by atoms with Crippen LogP contribution in [-0.2, 0) is 0 Å². The van der Waals surface area contributed by atoms with Crippen LogP contribution >= 0.6 is 0 Å². The molecule has 3 aliphatic heterocycles. The monoisotopic (exact) mass is 305 g/mol.